The Bertz CT molecular complexity index is 675. The molecule has 2 aromatic rings. The maximum absolute atomic E-state index is 12.4. The molecule has 0 saturated heterocycles. The summed E-state index contributed by atoms with van der Waals surface area (Å²) in [4.78, 5) is 26.7. The summed E-state index contributed by atoms with van der Waals surface area (Å²) in [6.45, 7) is 0.248. The van der Waals surface area contributed by atoms with Crippen LogP contribution in [0.3, 0.4) is 0 Å². The van der Waals surface area contributed by atoms with Gasteiger partial charge in [0, 0.05) is 30.7 Å². The molecule has 6 nitrogen and oxygen atoms in total. The van der Waals surface area contributed by atoms with Gasteiger partial charge in [0.2, 0.25) is 5.56 Å². The van der Waals surface area contributed by atoms with Crippen LogP contribution in [-0.2, 0) is 4.74 Å². The molecule has 1 unspecified atom stereocenters. The Labute approximate surface area is 121 Å². The summed E-state index contributed by atoms with van der Waals surface area (Å²) in [5.74, 6) is -0.354. The summed E-state index contributed by atoms with van der Waals surface area (Å²) < 4.78 is 5.01. The van der Waals surface area contributed by atoms with Gasteiger partial charge in [0.15, 0.2) is 0 Å². The van der Waals surface area contributed by atoms with Crippen LogP contribution in [-0.4, -0.2) is 42.4 Å². The normalized spacial score (nSPS) is 12.3. The topological polar surface area (TPSA) is 91.4 Å². The monoisotopic (exact) mass is 290 g/mol. The molecule has 21 heavy (non-hydrogen) atoms. The first-order valence-corrected chi connectivity index (χ1v) is 6.68. The fourth-order valence-electron chi connectivity index (χ4n) is 2.21. The van der Waals surface area contributed by atoms with E-state index >= 15 is 0 Å². The van der Waals surface area contributed by atoms with Crippen molar-refractivity contribution in [1.82, 2.24) is 10.3 Å². The first-order valence-electron chi connectivity index (χ1n) is 6.68. The van der Waals surface area contributed by atoms with E-state index in [1.807, 2.05) is 0 Å². The Hall–Kier alpha value is -2.18. The molecule has 0 fully saturated rings. The molecule has 0 saturated carbocycles. The number of nitrogens with one attached hydrogen (secondary N) is 2. The number of carbonyl (C=O) groups is 1. The number of methoxy groups -OCH3 is 1. The summed E-state index contributed by atoms with van der Waals surface area (Å²) in [6.07, 6.45) is 0.390. The number of rotatable bonds is 6. The smallest absolute Gasteiger partial charge is 0.252 e. The van der Waals surface area contributed by atoms with Crippen molar-refractivity contribution < 1.29 is 14.6 Å². The zero-order valence-electron chi connectivity index (χ0n) is 11.8. The molecule has 0 bridgehead atoms. The first-order chi connectivity index (χ1) is 10.2. The minimum atomic E-state index is -0.354. The largest absolute Gasteiger partial charge is 0.396 e. The molecule has 0 aliphatic heterocycles. The predicted octanol–water partition coefficient (Wildman–Crippen LogP) is 0.655. The lowest BCUT2D eigenvalue weighted by molar-refractivity contribution is 0.0880. The van der Waals surface area contributed by atoms with Gasteiger partial charge in [0.1, 0.15) is 0 Å². The van der Waals surface area contributed by atoms with Crippen molar-refractivity contribution in [2.45, 2.75) is 12.5 Å². The number of aromatic nitrogens is 1. The van der Waals surface area contributed by atoms with Crippen LogP contribution in [0.1, 0.15) is 16.8 Å². The molecule has 0 radical (unpaired) electrons. The van der Waals surface area contributed by atoms with E-state index in [-0.39, 0.29) is 24.1 Å². The van der Waals surface area contributed by atoms with E-state index in [0.717, 1.165) is 0 Å². The van der Waals surface area contributed by atoms with Crippen LogP contribution in [0.25, 0.3) is 10.9 Å². The van der Waals surface area contributed by atoms with Gasteiger partial charge in [0.25, 0.3) is 5.91 Å². The molecule has 112 valence electrons. The van der Waals surface area contributed by atoms with Crippen LogP contribution in [0.5, 0.6) is 0 Å². The zero-order chi connectivity index (χ0) is 15.2. The molecule has 6 heteroatoms. The Morgan fingerprint density at radius 1 is 1.43 bits per heavy atom. The summed E-state index contributed by atoms with van der Waals surface area (Å²) in [7, 11) is 1.53. The van der Waals surface area contributed by atoms with Crippen molar-refractivity contribution in [3.63, 3.8) is 0 Å². The van der Waals surface area contributed by atoms with Crippen LogP contribution in [0.4, 0.5) is 0 Å². The SMILES string of the molecule is COCC(CCO)NC(=O)c1cc(=O)[nH]c2ccccc12. The molecule has 1 aromatic carbocycles. The van der Waals surface area contributed by atoms with E-state index in [9.17, 15) is 9.59 Å². The van der Waals surface area contributed by atoms with Crippen molar-refractivity contribution in [2.75, 3.05) is 20.3 Å². The predicted molar refractivity (Wildman–Crippen MR) is 79.4 cm³/mol. The highest BCUT2D eigenvalue weighted by atomic mass is 16.5. The van der Waals surface area contributed by atoms with Gasteiger partial charge in [-0.25, -0.2) is 0 Å². The van der Waals surface area contributed by atoms with Crippen LogP contribution >= 0.6 is 0 Å². The molecule has 1 atom stereocenters. The van der Waals surface area contributed by atoms with E-state index < -0.39 is 0 Å². The zero-order valence-corrected chi connectivity index (χ0v) is 11.8. The van der Waals surface area contributed by atoms with E-state index in [1.165, 1.54) is 13.2 Å². The van der Waals surface area contributed by atoms with E-state index in [4.69, 9.17) is 9.84 Å². The number of hydrogen-bond donors (Lipinski definition) is 3. The standard InChI is InChI=1S/C15H18N2O4/c1-21-9-10(6-7-18)16-15(20)12-8-14(19)17-13-5-3-2-4-11(12)13/h2-5,8,10,18H,6-7,9H2,1H3,(H,16,20)(H,17,19). The molecule has 1 aromatic heterocycles. The number of fused-ring (bicyclic) bond motifs is 1. The molecule has 0 aliphatic carbocycles. The van der Waals surface area contributed by atoms with Gasteiger partial charge in [-0.1, -0.05) is 18.2 Å². The Balaban J connectivity index is 2.32. The molecular weight excluding hydrogens is 272 g/mol. The minimum Gasteiger partial charge on any atom is -0.396 e. The molecule has 3 N–H and O–H groups in total. The molecule has 0 spiro atoms. The van der Waals surface area contributed by atoms with Crippen molar-refractivity contribution >= 4 is 16.8 Å². The van der Waals surface area contributed by atoms with Gasteiger partial charge < -0.3 is 20.1 Å². The molecule has 0 aliphatic rings. The molecule has 2 rings (SSSR count). The third-order valence-electron chi connectivity index (χ3n) is 3.18. The highest BCUT2D eigenvalue weighted by Gasteiger charge is 2.16. The van der Waals surface area contributed by atoms with Crippen molar-refractivity contribution in [1.29, 1.82) is 0 Å². The average Bonchev–Trinajstić information content (AvgIpc) is 2.46. The van der Waals surface area contributed by atoms with Gasteiger partial charge in [-0.3, -0.25) is 9.59 Å². The van der Waals surface area contributed by atoms with Crippen molar-refractivity contribution in [3.05, 3.63) is 46.2 Å². The lowest BCUT2D eigenvalue weighted by Gasteiger charge is -2.17. The second kappa shape index (κ2) is 7.01. The second-order valence-electron chi connectivity index (χ2n) is 4.73. The molecule has 1 amide bonds. The number of amides is 1. The summed E-state index contributed by atoms with van der Waals surface area (Å²) in [5.41, 5.74) is 0.596. The summed E-state index contributed by atoms with van der Waals surface area (Å²) in [6, 6.07) is 8.09. The van der Waals surface area contributed by atoms with E-state index in [0.29, 0.717) is 29.5 Å². The number of aliphatic hydroxyl groups excluding tert-OH is 1. The average molecular weight is 290 g/mol. The molecular formula is C15H18N2O4. The number of ether oxygens (including phenoxy) is 1. The Morgan fingerprint density at radius 2 is 2.19 bits per heavy atom. The van der Waals surface area contributed by atoms with Crippen LogP contribution < -0.4 is 10.9 Å². The number of hydrogen-bond acceptors (Lipinski definition) is 4. The Kier molecular flexibility index (Phi) is 5.08. The number of carbonyl (C=O) groups excluding carboxylic acids is 1. The number of benzene rings is 1. The van der Waals surface area contributed by atoms with Gasteiger partial charge in [0.05, 0.1) is 18.2 Å². The van der Waals surface area contributed by atoms with Gasteiger partial charge >= 0.3 is 0 Å². The minimum absolute atomic E-state index is 0.0512. The highest BCUT2D eigenvalue weighted by molar-refractivity contribution is 6.06. The second-order valence-corrected chi connectivity index (χ2v) is 4.73. The third kappa shape index (κ3) is 3.68. The first kappa shape index (κ1) is 15.2. The van der Waals surface area contributed by atoms with Crippen LogP contribution in [0.2, 0.25) is 0 Å². The maximum atomic E-state index is 12.4. The lowest BCUT2D eigenvalue weighted by atomic mass is 10.1. The number of para-hydroxylation sites is 1. The molecule has 1 heterocycles. The van der Waals surface area contributed by atoms with Gasteiger partial charge in [-0.2, -0.15) is 0 Å². The summed E-state index contributed by atoms with van der Waals surface area (Å²) in [5, 5.41) is 12.5. The van der Waals surface area contributed by atoms with E-state index in [2.05, 4.69) is 10.3 Å². The number of pyridine rings is 1. The third-order valence-corrected chi connectivity index (χ3v) is 3.18. The lowest BCUT2D eigenvalue weighted by Crippen LogP contribution is -2.39. The maximum Gasteiger partial charge on any atom is 0.252 e. The Morgan fingerprint density at radius 3 is 2.90 bits per heavy atom. The quantitative estimate of drug-likeness (QED) is 0.728. The summed E-state index contributed by atoms with van der Waals surface area (Å²) >= 11 is 0. The van der Waals surface area contributed by atoms with Crippen molar-refractivity contribution in [2.24, 2.45) is 0 Å². The fraction of sp³-hybridized carbons (Fsp3) is 0.333. The van der Waals surface area contributed by atoms with E-state index in [1.54, 1.807) is 24.3 Å². The van der Waals surface area contributed by atoms with Crippen molar-refractivity contribution in [3.8, 4) is 0 Å². The number of aliphatic hydroxyl groups is 1. The number of aromatic amines is 1. The highest BCUT2D eigenvalue weighted by Crippen LogP contribution is 2.14. The van der Waals surface area contributed by atoms with Gasteiger partial charge in [-0.05, 0) is 12.5 Å². The van der Waals surface area contributed by atoms with Crippen LogP contribution in [0.15, 0.2) is 35.1 Å². The van der Waals surface area contributed by atoms with Gasteiger partial charge in [-0.15, -0.1) is 0 Å². The fourth-order valence-corrected chi connectivity index (χ4v) is 2.21. The van der Waals surface area contributed by atoms with Crippen LogP contribution in [0, 0.1) is 0 Å². The number of H-pyrrole nitrogens is 1.